The first-order valence-electron chi connectivity index (χ1n) is 7.85. The summed E-state index contributed by atoms with van der Waals surface area (Å²) in [6, 6.07) is 8.39. The van der Waals surface area contributed by atoms with Crippen molar-refractivity contribution in [2.45, 2.75) is 17.2 Å². The summed E-state index contributed by atoms with van der Waals surface area (Å²) in [5, 5.41) is 6.64. The fourth-order valence-corrected chi connectivity index (χ4v) is 3.36. The molecule has 0 atom stereocenters. The van der Waals surface area contributed by atoms with Crippen molar-refractivity contribution in [1.29, 1.82) is 0 Å². The third kappa shape index (κ3) is 4.05. The number of hydrogen-bond donors (Lipinski definition) is 1. The summed E-state index contributed by atoms with van der Waals surface area (Å²) in [5.41, 5.74) is 0.439. The predicted molar refractivity (Wildman–Crippen MR) is 91.9 cm³/mol. The number of rotatable bonds is 7. The van der Waals surface area contributed by atoms with E-state index >= 15 is 0 Å². The average molecular weight is 395 g/mol. The normalized spacial score (nSPS) is 11.7. The number of nitrogens with zero attached hydrogens (tertiary/aromatic N) is 2. The second-order valence-corrected chi connectivity index (χ2v) is 7.41. The topological polar surface area (TPSA) is 94.2 Å². The molecule has 7 nitrogen and oxygen atoms in total. The number of benzene rings is 1. The highest BCUT2D eigenvalue weighted by Crippen LogP contribution is 2.22. The molecule has 0 bridgehead atoms. The van der Waals surface area contributed by atoms with Crippen LogP contribution in [0.3, 0.4) is 0 Å². The highest BCUT2D eigenvalue weighted by molar-refractivity contribution is 7.91. The Morgan fingerprint density at radius 3 is 2.70 bits per heavy atom. The van der Waals surface area contributed by atoms with Crippen LogP contribution in [0.4, 0.5) is 8.78 Å². The monoisotopic (exact) mass is 395 g/mol. The van der Waals surface area contributed by atoms with Gasteiger partial charge in [0, 0.05) is 12.7 Å². The van der Waals surface area contributed by atoms with Crippen molar-refractivity contribution in [3.8, 4) is 11.3 Å². The average Bonchev–Trinajstić information content (AvgIpc) is 3.33. The minimum absolute atomic E-state index is 0.126. The summed E-state index contributed by atoms with van der Waals surface area (Å²) in [6.45, 7) is 0.428. The van der Waals surface area contributed by atoms with Crippen LogP contribution < -0.4 is 5.32 Å². The number of halogens is 2. The van der Waals surface area contributed by atoms with Crippen molar-refractivity contribution >= 4 is 15.7 Å². The molecule has 0 saturated carbocycles. The molecular formula is C17H15F2N3O4S. The number of alkyl halides is 2. The van der Waals surface area contributed by atoms with Crippen LogP contribution in [-0.4, -0.2) is 36.4 Å². The third-order valence-corrected chi connectivity index (χ3v) is 5.18. The van der Waals surface area contributed by atoms with Gasteiger partial charge in [-0.15, -0.1) is 0 Å². The quantitative estimate of drug-likeness (QED) is 0.664. The standard InChI is InChI=1S/C17H15F2N3O4S/c18-17(19)27(24,25)15-6-2-1-4-13(15)16(23)20-7-8-22-11-12(10-21-22)14-5-3-9-26-14/h1-6,9-11,17H,7-8H2,(H,20,23). The van der Waals surface area contributed by atoms with Crippen LogP contribution in [0.25, 0.3) is 11.3 Å². The van der Waals surface area contributed by atoms with E-state index < -0.39 is 26.4 Å². The first kappa shape index (κ1) is 18.8. The van der Waals surface area contributed by atoms with E-state index in [1.165, 1.54) is 24.5 Å². The molecule has 2 aromatic heterocycles. The minimum Gasteiger partial charge on any atom is -0.464 e. The summed E-state index contributed by atoms with van der Waals surface area (Å²) >= 11 is 0. The van der Waals surface area contributed by atoms with Crippen LogP contribution in [0.15, 0.2) is 64.4 Å². The highest BCUT2D eigenvalue weighted by atomic mass is 32.2. The summed E-state index contributed by atoms with van der Waals surface area (Å²) in [4.78, 5) is 11.6. The van der Waals surface area contributed by atoms with Gasteiger partial charge in [-0.25, -0.2) is 8.42 Å². The molecule has 2 heterocycles. The van der Waals surface area contributed by atoms with Gasteiger partial charge in [-0.3, -0.25) is 9.48 Å². The van der Waals surface area contributed by atoms with E-state index in [2.05, 4.69) is 10.4 Å². The Kier molecular flexibility index (Phi) is 5.36. The molecular weight excluding hydrogens is 380 g/mol. The molecule has 0 radical (unpaired) electrons. The van der Waals surface area contributed by atoms with Gasteiger partial charge in [0.05, 0.1) is 35.0 Å². The van der Waals surface area contributed by atoms with E-state index in [4.69, 9.17) is 4.42 Å². The zero-order valence-corrected chi connectivity index (χ0v) is 14.7. The maximum atomic E-state index is 12.8. The van der Waals surface area contributed by atoms with Crippen molar-refractivity contribution in [2.24, 2.45) is 0 Å². The Bertz CT molecular complexity index is 1030. The van der Waals surface area contributed by atoms with E-state index in [1.807, 2.05) is 0 Å². The van der Waals surface area contributed by atoms with Gasteiger partial charge in [-0.1, -0.05) is 12.1 Å². The lowest BCUT2D eigenvalue weighted by molar-refractivity contribution is 0.0948. The van der Waals surface area contributed by atoms with Gasteiger partial charge in [-0.05, 0) is 24.3 Å². The molecule has 3 aromatic rings. The van der Waals surface area contributed by atoms with Gasteiger partial charge in [0.1, 0.15) is 5.76 Å². The Hall–Kier alpha value is -3.01. The molecule has 0 spiro atoms. The molecule has 0 aliphatic rings. The van der Waals surface area contributed by atoms with Crippen LogP contribution >= 0.6 is 0 Å². The highest BCUT2D eigenvalue weighted by Gasteiger charge is 2.30. The number of aromatic nitrogens is 2. The fourth-order valence-electron chi connectivity index (χ4n) is 2.43. The first-order valence-corrected chi connectivity index (χ1v) is 9.40. The summed E-state index contributed by atoms with van der Waals surface area (Å²) in [5.74, 6) is -3.71. The van der Waals surface area contributed by atoms with E-state index in [1.54, 1.807) is 29.2 Å². The SMILES string of the molecule is O=C(NCCn1cc(-c2ccco2)cn1)c1ccccc1S(=O)(=O)C(F)F. The molecule has 0 aliphatic carbocycles. The van der Waals surface area contributed by atoms with Gasteiger partial charge in [0.2, 0.25) is 9.84 Å². The molecule has 0 unspecified atom stereocenters. The molecule has 1 amide bonds. The molecule has 27 heavy (non-hydrogen) atoms. The van der Waals surface area contributed by atoms with Gasteiger partial charge in [0.15, 0.2) is 0 Å². The fraction of sp³-hybridized carbons (Fsp3) is 0.176. The van der Waals surface area contributed by atoms with Crippen molar-refractivity contribution < 1.29 is 26.4 Å². The first-order chi connectivity index (χ1) is 12.9. The number of carbonyl (C=O) groups excluding carboxylic acids is 1. The van der Waals surface area contributed by atoms with Crippen LogP contribution in [0, 0.1) is 0 Å². The summed E-state index contributed by atoms with van der Waals surface area (Å²) in [6.07, 6.45) is 4.86. The van der Waals surface area contributed by atoms with E-state index in [9.17, 15) is 22.0 Å². The minimum atomic E-state index is -4.87. The molecule has 0 saturated heterocycles. The lowest BCUT2D eigenvalue weighted by Crippen LogP contribution is -2.29. The summed E-state index contributed by atoms with van der Waals surface area (Å²) < 4.78 is 55.8. The van der Waals surface area contributed by atoms with E-state index in [0.717, 1.165) is 11.6 Å². The van der Waals surface area contributed by atoms with Gasteiger partial charge in [0.25, 0.3) is 5.91 Å². The van der Waals surface area contributed by atoms with Crippen LogP contribution in [0.1, 0.15) is 10.4 Å². The Labute approximate surface area is 153 Å². The second kappa shape index (κ2) is 7.70. The zero-order valence-electron chi connectivity index (χ0n) is 13.9. The lowest BCUT2D eigenvalue weighted by atomic mass is 10.2. The molecule has 142 valence electrons. The number of sulfone groups is 1. The molecule has 3 rings (SSSR count). The van der Waals surface area contributed by atoms with Crippen molar-refractivity contribution in [2.75, 3.05) is 6.54 Å². The predicted octanol–water partition coefficient (Wildman–Crippen LogP) is 2.57. The Morgan fingerprint density at radius 1 is 1.22 bits per heavy atom. The second-order valence-electron chi connectivity index (χ2n) is 5.53. The number of hydrogen-bond acceptors (Lipinski definition) is 5. The van der Waals surface area contributed by atoms with E-state index in [0.29, 0.717) is 12.3 Å². The van der Waals surface area contributed by atoms with E-state index in [-0.39, 0.29) is 12.1 Å². The summed E-state index contributed by atoms with van der Waals surface area (Å²) in [7, 11) is -4.87. The maximum Gasteiger partial charge on any atom is 0.341 e. The van der Waals surface area contributed by atoms with Crippen molar-refractivity contribution in [3.63, 3.8) is 0 Å². The van der Waals surface area contributed by atoms with Crippen molar-refractivity contribution in [3.05, 3.63) is 60.6 Å². The Morgan fingerprint density at radius 2 is 2.00 bits per heavy atom. The molecule has 0 aliphatic heterocycles. The van der Waals surface area contributed by atoms with Gasteiger partial charge >= 0.3 is 5.76 Å². The lowest BCUT2D eigenvalue weighted by Gasteiger charge is -2.10. The molecule has 10 heteroatoms. The smallest absolute Gasteiger partial charge is 0.341 e. The van der Waals surface area contributed by atoms with Gasteiger partial charge < -0.3 is 9.73 Å². The molecule has 1 N–H and O–H groups in total. The van der Waals surface area contributed by atoms with Crippen molar-refractivity contribution in [1.82, 2.24) is 15.1 Å². The van der Waals surface area contributed by atoms with Crippen LogP contribution in [-0.2, 0) is 16.4 Å². The Balaban J connectivity index is 1.66. The van der Waals surface area contributed by atoms with Crippen LogP contribution in [0.2, 0.25) is 0 Å². The number of nitrogens with one attached hydrogen (secondary N) is 1. The molecule has 1 aromatic carbocycles. The molecule has 0 fully saturated rings. The zero-order chi connectivity index (χ0) is 19.4. The maximum absolute atomic E-state index is 12.8. The largest absolute Gasteiger partial charge is 0.464 e. The number of amides is 1. The third-order valence-electron chi connectivity index (χ3n) is 3.74. The number of carbonyl (C=O) groups is 1. The van der Waals surface area contributed by atoms with Crippen LogP contribution in [0.5, 0.6) is 0 Å². The number of furan rings is 1. The van der Waals surface area contributed by atoms with Gasteiger partial charge in [-0.2, -0.15) is 13.9 Å².